The normalized spacial score (nSPS) is 10.6. The molecule has 19 nitrogen and oxygen atoms in total. The van der Waals surface area contributed by atoms with Gasteiger partial charge in [-0.25, -0.2) is 0 Å². The number of carboxylic acids is 2. The van der Waals surface area contributed by atoms with Crippen LogP contribution in [0, 0.1) is 0 Å². The van der Waals surface area contributed by atoms with E-state index in [4.69, 9.17) is 86.8 Å². The number of aliphatic hydroxyl groups is 15. The minimum absolute atomic E-state index is 0.346. The highest BCUT2D eigenvalue weighted by Gasteiger charge is 2.01. The fourth-order valence-electron chi connectivity index (χ4n) is 7.00. The van der Waals surface area contributed by atoms with Crippen molar-refractivity contribution in [3.63, 3.8) is 0 Å². The van der Waals surface area contributed by atoms with Crippen LogP contribution in [0.1, 0.15) is 271 Å². The molecule has 0 bridgehead atoms. The Morgan fingerprint density at radius 1 is 0.218 bits per heavy atom. The Labute approximate surface area is 474 Å². The second-order valence-electron chi connectivity index (χ2n) is 20.1. The fourth-order valence-corrected chi connectivity index (χ4v) is 7.00. The van der Waals surface area contributed by atoms with Crippen LogP contribution in [0.15, 0.2) is 0 Å². The number of rotatable bonds is 50. The number of hydrogen-bond acceptors (Lipinski definition) is 17. The summed E-state index contributed by atoms with van der Waals surface area (Å²) in [5.74, 6) is -1.30. The van der Waals surface area contributed by atoms with Gasteiger partial charge >= 0.3 is 11.9 Å². The van der Waals surface area contributed by atoms with Crippen LogP contribution in [-0.2, 0) is 9.59 Å². The summed E-state index contributed by atoms with van der Waals surface area (Å²) in [5, 5.41) is 137. The lowest BCUT2D eigenvalue weighted by Gasteiger charge is -2.03. The topological polar surface area (TPSA) is 378 Å². The molecule has 0 heterocycles. The monoisotopic (exact) mass is 1140 g/mol. The van der Waals surface area contributed by atoms with Gasteiger partial charge in [0.05, 0.1) is 66.1 Å². The van der Waals surface area contributed by atoms with Gasteiger partial charge in [0, 0.05) is 12.8 Å². The molecule has 0 saturated carbocycles. The van der Waals surface area contributed by atoms with E-state index in [1.165, 1.54) is 218 Å². The molecule has 17 N–H and O–H groups in total. The Morgan fingerprint density at radius 3 is 0.397 bits per heavy atom. The first-order chi connectivity index (χ1) is 37.6. The van der Waals surface area contributed by atoms with Gasteiger partial charge in [0.25, 0.3) is 0 Å². The largest absolute Gasteiger partial charge is 0.481 e. The first-order valence-corrected chi connectivity index (χ1v) is 30.5. The number of aliphatic carboxylic acids is 2. The molecule has 0 aromatic heterocycles. The van der Waals surface area contributed by atoms with Crippen LogP contribution in [0.2, 0.25) is 0 Å². The maximum Gasteiger partial charge on any atom is 0.303 e. The van der Waals surface area contributed by atoms with Crippen LogP contribution in [0.25, 0.3) is 0 Å². The number of aliphatic hydroxyl groups excluding tert-OH is 15. The van der Waals surface area contributed by atoms with Crippen molar-refractivity contribution < 1.29 is 96.4 Å². The molecule has 0 rings (SSSR count). The third-order valence-electron chi connectivity index (χ3n) is 12.1. The van der Waals surface area contributed by atoms with E-state index in [1.54, 1.807) is 0 Å². The Balaban J connectivity index is -0.000000170. The zero-order valence-corrected chi connectivity index (χ0v) is 49.7. The number of hydrogen-bond donors (Lipinski definition) is 17. The smallest absolute Gasteiger partial charge is 0.303 e. The van der Waals surface area contributed by atoms with Gasteiger partial charge in [0.1, 0.15) is 30.5 Å². The zero-order chi connectivity index (χ0) is 60.4. The first kappa shape index (κ1) is 90.1. The first-order valence-electron chi connectivity index (χ1n) is 30.5. The molecule has 0 aliphatic rings. The molecular formula is C59H128O19. The third kappa shape index (κ3) is 110. The van der Waals surface area contributed by atoms with Crippen molar-refractivity contribution in [2.24, 2.45) is 0 Å². The van der Waals surface area contributed by atoms with Gasteiger partial charge in [0.15, 0.2) is 0 Å². The zero-order valence-electron chi connectivity index (χ0n) is 49.7. The molecule has 0 aliphatic carbocycles. The van der Waals surface area contributed by atoms with E-state index < -0.39 is 42.5 Å². The molecule has 78 heavy (non-hydrogen) atoms. The lowest BCUT2D eigenvalue weighted by molar-refractivity contribution is -0.138. The van der Waals surface area contributed by atoms with Crippen molar-refractivity contribution in [2.45, 2.75) is 301 Å². The molecule has 478 valence electrons. The van der Waals surface area contributed by atoms with Gasteiger partial charge in [-0.2, -0.15) is 0 Å². The second-order valence-corrected chi connectivity index (χ2v) is 20.1. The van der Waals surface area contributed by atoms with E-state index in [0.29, 0.717) is 12.8 Å². The number of unbranched alkanes of at least 4 members (excludes halogenated alkanes) is 36. The second kappa shape index (κ2) is 86.6. The lowest BCUT2D eigenvalue weighted by Crippen LogP contribution is -2.15. The van der Waals surface area contributed by atoms with E-state index in [0.717, 1.165) is 25.7 Å². The van der Waals surface area contributed by atoms with Crippen LogP contribution in [0.3, 0.4) is 0 Å². The van der Waals surface area contributed by atoms with Gasteiger partial charge in [0.2, 0.25) is 0 Å². The van der Waals surface area contributed by atoms with E-state index in [1.807, 2.05) is 0 Å². The average molecular weight is 1140 g/mol. The molecule has 19 heteroatoms. The highest BCUT2D eigenvalue weighted by Crippen LogP contribution is 2.16. The summed E-state index contributed by atoms with van der Waals surface area (Å²) in [5.41, 5.74) is 0. The molecule has 0 fully saturated rings. The van der Waals surface area contributed by atoms with Crippen LogP contribution in [0.4, 0.5) is 0 Å². The Bertz CT molecular complexity index is 890. The predicted octanol–water partition coefficient (Wildman–Crippen LogP) is 7.45. The molecule has 0 spiro atoms. The molecule has 0 unspecified atom stereocenters. The van der Waals surface area contributed by atoms with Crippen molar-refractivity contribution in [2.75, 3.05) is 66.1 Å². The summed E-state index contributed by atoms with van der Waals surface area (Å²) in [4.78, 5) is 20.8. The van der Waals surface area contributed by atoms with Crippen molar-refractivity contribution in [3.05, 3.63) is 0 Å². The molecule has 0 amide bonds. The minimum atomic E-state index is -0.954. The van der Waals surface area contributed by atoms with E-state index in [2.05, 4.69) is 13.8 Å². The standard InChI is InChI=1S/2C22H44O2.5C3H8O3/c2*1-2-3-4-5-6-7-8-9-10-11-12-13-14-15-16-17-18-19-20-21-22(23)24;5*4-1-3(6)2-5/h2*2-21H2,1H3,(H,23,24);5*3-6H,1-2H2. The highest BCUT2D eigenvalue weighted by molar-refractivity contribution is 5.66. The molecule has 0 aliphatic heterocycles. The van der Waals surface area contributed by atoms with Gasteiger partial charge in [-0.05, 0) is 12.8 Å². The molecule has 0 aromatic carbocycles. The predicted molar refractivity (Wildman–Crippen MR) is 312 cm³/mol. The van der Waals surface area contributed by atoms with Crippen LogP contribution >= 0.6 is 0 Å². The summed E-state index contributed by atoms with van der Waals surface area (Å²) in [7, 11) is 0. The van der Waals surface area contributed by atoms with Gasteiger partial charge in [-0.15, -0.1) is 0 Å². The van der Waals surface area contributed by atoms with E-state index in [9.17, 15) is 9.59 Å². The summed E-state index contributed by atoms with van der Waals surface area (Å²) < 4.78 is 0. The van der Waals surface area contributed by atoms with Crippen LogP contribution in [0.5, 0.6) is 0 Å². The average Bonchev–Trinajstić information content (AvgIpc) is 3.45. The molecular weight excluding hydrogens is 1010 g/mol. The Kier molecular flexibility index (Phi) is 100. The summed E-state index contributed by atoms with van der Waals surface area (Å²) in [6.45, 7) is 0.920. The Hall–Kier alpha value is -1.66. The van der Waals surface area contributed by atoms with Gasteiger partial charge in [-0.3, -0.25) is 9.59 Å². The third-order valence-corrected chi connectivity index (χ3v) is 12.1. The van der Waals surface area contributed by atoms with Gasteiger partial charge in [-0.1, -0.05) is 245 Å². The number of carbonyl (C=O) groups is 2. The highest BCUT2D eigenvalue weighted by atomic mass is 16.4. The molecule has 0 atom stereocenters. The summed E-state index contributed by atoms with van der Waals surface area (Å²) >= 11 is 0. The number of carboxylic acid groups (broad SMARTS) is 2. The fraction of sp³-hybridized carbons (Fsp3) is 0.966. The lowest BCUT2D eigenvalue weighted by atomic mass is 10.0. The summed E-state index contributed by atoms with van der Waals surface area (Å²) in [6, 6.07) is 0. The molecule has 0 radical (unpaired) electrons. The van der Waals surface area contributed by atoms with Crippen molar-refractivity contribution >= 4 is 11.9 Å². The molecule has 0 saturated heterocycles. The quantitative estimate of drug-likeness (QED) is 0.0263. The van der Waals surface area contributed by atoms with Crippen molar-refractivity contribution in [3.8, 4) is 0 Å². The SMILES string of the molecule is CCCCCCCCCCCCCCCCCCCCCC(=O)O.CCCCCCCCCCCCCCCCCCCCCC(=O)O.OCC(O)CO.OCC(O)CO.OCC(O)CO.OCC(O)CO.OCC(O)CO. The van der Waals surface area contributed by atoms with Crippen molar-refractivity contribution in [1.29, 1.82) is 0 Å². The van der Waals surface area contributed by atoms with E-state index >= 15 is 0 Å². The van der Waals surface area contributed by atoms with Crippen molar-refractivity contribution in [1.82, 2.24) is 0 Å². The minimum Gasteiger partial charge on any atom is -0.481 e. The maximum atomic E-state index is 10.4. The van der Waals surface area contributed by atoms with Gasteiger partial charge < -0.3 is 86.8 Å². The maximum absolute atomic E-state index is 10.4. The Morgan fingerprint density at radius 2 is 0.321 bits per heavy atom. The molecule has 0 aromatic rings. The van der Waals surface area contributed by atoms with Crippen LogP contribution < -0.4 is 0 Å². The summed E-state index contributed by atoms with van der Waals surface area (Å²) in [6.07, 6.45) is 47.4. The van der Waals surface area contributed by atoms with E-state index in [-0.39, 0.29) is 66.1 Å². The van der Waals surface area contributed by atoms with Crippen LogP contribution in [-0.4, -0.2) is 195 Å².